The highest BCUT2D eigenvalue weighted by Gasteiger charge is 2.04. The largest absolute Gasteiger partial charge is 0.373 e. The lowest BCUT2D eigenvalue weighted by Crippen LogP contribution is -2.32. The van der Waals surface area contributed by atoms with Crippen molar-refractivity contribution >= 4 is 16.5 Å². The monoisotopic (exact) mass is 228 g/mol. The summed E-state index contributed by atoms with van der Waals surface area (Å²) in [5.74, 6) is 0. The minimum atomic E-state index is 0.189. The lowest BCUT2D eigenvalue weighted by atomic mass is 10.1. The zero-order valence-electron chi connectivity index (χ0n) is 10.8. The van der Waals surface area contributed by atoms with Crippen LogP contribution in [0.1, 0.15) is 12.5 Å². The van der Waals surface area contributed by atoms with Gasteiger partial charge in [0.05, 0.1) is 0 Å². The molecule has 2 aromatic carbocycles. The fourth-order valence-corrected chi connectivity index (χ4v) is 2.13. The molecule has 0 saturated carbocycles. The molecule has 2 N–H and O–H groups in total. The number of benzene rings is 2. The summed E-state index contributed by atoms with van der Waals surface area (Å²) in [6.45, 7) is 5.02. The van der Waals surface area contributed by atoms with E-state index in [1.807, 2.05) is 6.92 Å². The Labute approximate surface area is 103 Å². The van der Waals surface area contributed by atoms with E-state index >= 15 is 0 Å². The van der Waals surface area contributed by atoms with Gasteiger partial charge in [-0.25, -0.2) is 0 Å². The molecular weight excluding hydrogens is 208 g/mol. The van der Waals surface area contributed by atoms with Gasteiger partial charge in [0, 0.05) is 25.3 Å². The second-order valence-corrected chi connectivity index (χ2v) is 4.89. The van der Waals surface area contributed by atoms with E-state index in [1.54, 1.807) is 0 Å². The Balaban J connectivity index is 2.34. The predicted molar refractivity (Wildman–Crippen MR) is 75.6 cm³/mol. The first-order chi connectivity index (χ1) is 8.06. The summed E-state index contributed by atoms with van der Waals surface area (Å²) < 4.78 is 0. The molecule has 0 aromatic heterocycles. The second kappa shape index (κ2) is 4.76. The standard InChI is InChI=1S/C15H20N2/c1-11-4-5-14-9-15(7-6-13(14)8-11)17(3)10-12(2)16/h4-9,12H,10,16H2,1-3H3. The molecule has 0 bridgehead atoms. The molecule has 1 atom stereocenters. The van der Waals surface area contributed by atoms with E-state index in [1.165, 1.54) is 22.0 Å². The van der Waals surface area contributed by atoms with Crippen molar-refractivity contribution in [2.24, 2.45) is 5.73 Å². The van der Waals surface area contributed by atoms with Crippen LogP contribution in [0.25, 0.3) is 10.8 Å². The second-order valence-electron chi connectivity index (χ2n) is 4.89. The first-order valence-corrected chi connectivity index (χ1v) is 6.03. The zero-order chi connectivity index (χ0) is 12.4. The van der Waals surface area contributed by atoms with Crippen LogP contribution in [0.5, 0.6) is 0 Å². The molecule has 0 heterocycles. The van der Waals surface area contributed by atoms with Crippen LogP contribution in [-0.2, 0) is 0 Å². The number of nitrogens with zero attached hydrogens (tertiary/aromatic N) is 1. The van der Waals surface area contributed by atoms with Crippen molar-refractivity contribution < 1.29 is 0 Å². The molecule has 0 amide bonds. The van der Waals surface area contributed by atoms with Crippen LogP contribution in [0.4, 0.5) is 5.69 Å². The smallest absolute Gasteiger partial charge is 0.0370 e. The molecule has 0 radical (unpaired) electrons. The summed E-state index contributed by atoms with van der Waals surface area (Å²) in [6, 6.07) is 13.3. The van der Waals surface area contributed by atoms with Gasteiger partial charge in [0.1, 0.15) is 0 Å². The summed E-state index contributed by atoms with van der Waals surface area (Å²) in [5, 5.41) is 2.58. The number of nitrogens with two attached hydrogens (primary N) is 1. The van der Waals surface area contributed by atoms with E-state index in [-0.39, 0.29) is 6.04 Å². The van der Waals surface area contributed by atoms with Crippen LogP contribution in [-0.4, -0.2) is 19.6 Å². The van der Waals surface area contributed by atoms with Gasteiger partial charge in [-0.3, -0.25) is 0 Å². The van der Waals surface area contributed by atoms with E-state index in [2.05, 4.69) is 55.3 Å². The quantitative estimate of drug-likeness (QED) is 0.875. The maximum absolute atomic E-state index is 5.82. The molecule has 0 saturated heterocycles. The van der Waals surface area contributed by atoms with Crippen LogP contribution in [0.3, 0.4) is 0 Å². The third kappa shape index (κ3) is 2.77. The van der Waals surface area contributed by atoms with Gasteiger partial charge in [-0.15, -0.1) is 0 Å². The number of likely N-dealkylation sites (N-methyl/N-ethyl adjacent to an activating group) is 1. The van der Waals surface area contributed by atoms with Crippen molar-refractivity contribution in [3.05, 3.63) is 42.0 Å². The molecular formula is C15H20N2. The third-order valence-electron chi connectivity index (χ3n) is 2.98. The lowest BCUT2D eigenvalue weighted by molar-refractivity contribution is 0.718. The van der Waals surface area contributed by atoms with Gasteiger partial charge < -0.3 is 10.6 Å². The van der Waals surface area contributed by atoms with E-state index in [0.717, 1.165) is 6.54 Å². The fourth-order valence-electron chi connectivity index (χ4n) is 2.13. The highest BCUT2D eigenvalue weighted by atomic mass is 15.1. The first kappa shape index (κ1) is 11.9. The molecule has 2 rings (SSSR count). The third-order valence-corrected chi connectivity index (χ3v) is 2.98. The van der Waals surface area contributed by atoms with Gasteiger partial charge >= 0.3 is 0 Å². The van der Waals surface area contributed by atoms with Crippen LogP contribution in [0.15, 0.2) is 36.4 Å². The lowest BCUT2D eigenvalue weighted by Gasteiger charge is -2.21. The average molecular weight is 228 g/mol. The maximum Gasteiger partial charge on any atom is 0.0370 e. The van der Waals surface area contributed by atoms with E-state index < -0.39 is 0 Å². The van der Waals surface area contributed by atoms with Crippen LogP contribution >= 0.6 is 0 Å². The van der Waals surface area contributed by atoms with E-state index in [9.17, 15) is 0 Å². The minimum Gasteiger partial charge on any atom is -0.373 e. The summed E-state index contributed by atoms with van der Waals surface area (Å²) in [6.07, 6.45) is 0. The molecule has 0 aliphatic heterocycles. The molecule has 0 spiro atoms. The van der Waals surface area contributed by atoms with Gasteiger partial charge in [0.15, 0.2) is 0 Å². The topological polar surface area (TPSA) is 29.3 Å². The van der Waals surface area contributed by atoms with Crippen LogP contribution < -0.4 is 10.6 Å². The molecule has 2 heteroatoms. The van der Waals surface area contributed by atoms with Crippen molar-refractivity contribution in [2.75, 3.05) is 18.5 Å². The van der Waals surface area contributed by atoms with Crippen molar-refractivity contribution in [3.63, 3.8) is 0 Å². The minimum absolute atomic E-state index is 0.189. The molecule has 2 nitrogen and oxygen atoms in total. The van der Waals surface area contributed by atoms with Crippen molar-refractivity contribution in [1.29, 1.82) is 0 Å². The summed E-state index contributed by atoms with van der Waals surface area (Å²) in [7, 11) is 2.08. The SMILES string of the molecule is Cc1ccc2cc(N(C)CC(C)N)ccc2c1. The Bertz CT molecular complexity index is 517. The highest BCUT2D eigenvalue weighted by molar-refractivity contribution is 5.86. The average Bonchev–Trinajstić information content (AvgIpc) is 2.27. The highest BCUT2D eigenvalue weighted by Crippen LogP contribution is 2.22. The normalized spacial score (nSPS) is 12.7. The molecule has 0 aliphatic rings. The number of rotatable bonds is 3. The Hall–Kier alpha value is -1.54. The van der Waals surface area contributed by atoms with Crippen molar-refractivity contribution in [3.8, 4) is 0 Å². The number of anilines is 1. The maximum atomic E-state index is 5.82. The Kier molecular flexibility index (Phi) is 3.34. The van der Waals surface area contributed by atoms with Crippen LogP contribution in [0.2, 0.25) is 0 Å². The Morgan fingerprint density at radius 3 is 2.47 bits per heavy atom. The summed E-state index contributed by atoms with van der Waals surface area (Å²) in [5.41, 5.74) is 8.34. The van der Waals surface area contributed by atoms with Gasteiger partial charge in [0.25, 0.3) is 0 Å². The molecule has 0 aliphatic carbocycles. The molecule has 0 fully saturated rings. The summed E-state index contributed by atoms with van der Waals surface area (Å²) >= 11 is 0. The zero-order valence-corrected chi connectivity index (χ0v) is 10.8. The number of fused-ring (bicyclic) bond motifs is 1. The van der Waals surface area contributed by atoms with Crippen molar-refractivity contribution in [2.45, 2.75) is 19.9 Å². The predicted octanol–water partition coefficient (Wildman–Crippen LogP) is 2.93. The number of hydrogen-bond donors (Lipinski definition) is 1. The fraction of sp³-hybridized carbons (Fsp3) is 0.333. The van der Waals surface area contributed by atoms with E-state index in [0.29, 0.717) is 0 Å². The molecule has 2 aromatic rings. The molecule has 1 unspecified atom stereocenters. The van der Waals surface area contributed by atoms with Crippen LogP contribution in [0, 0.1) is 6.92 Å². The first-order valence-electron chi connectivity index (χ1n) is 6.03. The Morgan fingerprint density at radius 1 is 1.12 bits per heavy atom. The van der Waals surface area contributed by atoms with Gasteiger partial charge in [0.2, 0.25) is 0 Å². The number of hydrogen-bond acceptors (Lipinski definition) is 2. The van der Waals surface area contributed by atoms with Gasteiger partial charge in [-0.05, 0) is 36.8 Å². The molecule has 17 heavy (non-hydrogen) atoms. The van der Waals surface area contributed by atoms with Gasteiger partial charge in [-0.2, -0.15) is 0 Å². The Morgan fingerprint density at radius 2 is 1.76 bits per heavy atom. The number of aryl methyl sites for hydroxylation is 1. The van der Waals surface area contributed by atoms with E-state index in [4.69, 9.17) is 5.73 Å². The molecule has 90 valence electrons. The van der Waals surface area contributed by atoms with Crippen molar-refractivity contribution in [1.82, 2.24) is 0 Å². The summed E-state index contributed by atoms with van der Waals surface area (Å²) in [4.78, 5) is 2.20. The van der Waals surface area contributed by atoms with Gasteiger partial charge in [-0.1, -0.05) is 29.8 Å².